The van der Waals surface area contributed by atoms with Gasteiger partial charge in [0.05, 0.1) is 37.8 Å². The van der Waals surface area contributed by atoms with Crippen molar-refractivity contribution in [2.24, 2.45) is 29.6 Å². The summed E-state index contributed by atoms with van der Waals surface area (Å²) in [7, 11) is 0. The van der Waals surface area contributed by atoms with Gasteiger partial charge in [0, 0.05) is 60.0 Å². The number of fused-ring (bicyclic) bond motifs is 9. The summed E-state index contributed by atoms with van der Waals surface area (Å²) in [5, 5.41) is 76.0. The number of hydrogen-bond donors (Lipinski definition) is 7. The molecule has 0 amide bonds. The van der Waals surface area contributed by atoms with Crippen LogP contribution >= 0.6 is 0 Å². The maximum atomic E-state index is 15.7. The van der Waals surface area contributed by atoms with Crippen LogP contribution in [0.5, 0.6) is 11.5 Å². The van der Waals surface area contributed by atoms with Crippen LogP contribution in [0.3, 0.4) is 0 Å². The zero-order valence-electron chi connectivity index (χ0n) is 44.7. The second-order valence-corrected chi connectivity index (χ2v) is 24.7. The second kappa shape index (κ2) is 22.6. The summed E-state index contributed by atoms with van der Waals surface area (Å²) < 4.78 is 19.1. The fourth-order valence-electron chi connectivity index (χ4n) is 15.4. The maximum absolute atomic E-state index is 15.7. The number of anilines is 1. The number of ketones is 1. The van der Waals surface area contributed by atoms with Crippen LogP contribution < -0.4 is 10.1 Å². The first-order chi connectivity index (χ1) is 37.1. The Hall–Kier alpha value is -5.07. The van der Waals surface area contributed by atoms with Crippen LogP contribution in [-0.2, 0) is 49.7 Å². The summed E-state index contributed by atoms with van der Waals surface area (Å²) in [6.07, 6.45) is 12.0. The lowest BCUT2D eigenvalue weighted by atomic mass is 9.48. The van der Waals surface area contributed by atoms with Gasteiger partial charge in [-0.05, 0) is 146 Å². The Morgan fingerprint density at radius 1 is 0.844 bits per heavy atom. The fourth-order valence-corrected chi connectivity index (χ4v) is 15.4. The molecule has 0 aromatic heterocycles. The average Bonchev–Trinajstić information content (AvgIpc) is 4.07. The Labute approximate surface area is 453 Å². The van der Waals surface area contributed by atoms with Gasteiger partial charge in [-0.2, -0.15) is 0 Å². The van der Waals surface area contributed by atoms with Crippen molar-refractivity contribution in [2.75, 3.05) is 18.5 Å². The Kier molecular flexibility index (Phi) is 15.8. The minimum Gasteiger partial charge on any atom is -0.507 e. The van der Waals surface area contributed by atoms with E-state index in [1.165, 1.54) is 6.08 Å². The Morgan fingerprint density at radius 3 is 2.38 bits per heavy atom. The highest BCUT2D eigenvalue weighted by Gasteiger charge is 2.62. The van der Waals surface area contributed by atoms with E-state index in [1.807, 2.05) is 42.5 Å². The van der Waals surface area contributed by atoms with Crippen LogP contribution in [0.15, 0.2) is 60.2 Å². The van der Waals surface area contributed by atoms with E-state index in [-0.39, 0.29) is 105 Å². The minimum absolute atomic E-state index is 0.0243. The molecule has 0 saturated heterocycles. The number of aliphatic hydroxyl groups excluding tert-OH is 3. The van der Waals surface area contributed by atoms with Crippen molar-refractivity contribution < 1.29 is 59.2 Å². The zero-order chi connectivity index (χ0) is 53.6. The molecule has 13 nitrogen and oxygen atoms in total. The molecule has 77 heavy (non-hydrogen) atoms. The number of aromatic hydroxyl groups is 1. The summed E-state index contributed by atoms with van der Waals surface area (Å²) in [5.74, 6) is 3.48. The van der Waals surface area contributed by atoms with E-state index < -0.39 is 59.2 Å². The predicted octanol–water partition coefficient (Wildman–Crippen LogP) is 8.69. The van der Waals surface area contributed by atoms with Gasteiger partial charge in [0.1, 0.15) is 40.7 Å². The van der Waals surface area contributed by atoms with Crippen molar-refractivity contribution in [3.8, 4) is 23.3 Å². The zero-order valence-corrected chi connectivity index (χ0v) is 44.7. The molecule has 412 valence electrons. The number of Topliss-reactive ketones (excluding diaryl/α,β-unsaturated/α-hetero) is 1. The van der Waals surface area contributed by atoms with Crippen molar-refractivity contribution in [1.29, 1.82) is 0 Å². The highest BCUT2D eigenvalue weighted by atomic mass is 16.6. The molecule has 5 saturated carbocycles. The van der Waals surface area contributed by atoms with E-state index in [0.717, 1.165) is 101 Å². The van der Waals surface area contributed by atoms with Gasteiger partial charge in [-0.15, -0.1) is 0 Å². The number of phenols is 1. The molecule has 3 aromatic carbocycles. The normalized spacial score (nSPS) is 31.9. The van der Waals surface area contributed by atoms with E-state index >= 15 is 4.79 Å². The number of aliphatic hydroxyl groups is 5. The summed E-state index contributed by atoms with van der Waals surface area (Å²) in [5.41, 5.74) is 2.04. The quantitative estimate of drug-likeness (QED) is 0.0576. The molecule has 0 radical (unpaired) electrons. The molecular weight excluding hydrogens is 975 g/mol. The summed E-state index contributed by atoms with van der Waals surface area (Å²) in [4.78, 5) is 43.9. The van der Waals surface area contributed by atoms with Crippen molar-refractivity contribution >= 4 is 23.4 Å². The average molecular weight is 1050 g/mol. The molecule has 7 N–H and O–H groups in total. The SMILES string of the molecule is CC(O)(CNc1cc(CO)cc(C2C#CC3CC(=O)Oc4c3cc(c(O)c4C3CCCCC3)CC3OC(=O)C(=CC(O)Cc4cccc(c4)CC4C(=O)CCC5C4CC4CCCCC4C35O)C2)c1)C(O)COC1CCCC1. The molecule has 10 bridgehead atoms. The van der Waals surface area contributed by atoms with Gasteiger partial charge in [-0.1, -0.05) is 93.5 Å². The highest BCUT2D eigenvalue weighted by molar-refractivity contribution is 5.89. The molecule has 0 spiro atoms. The van der Waals surface area contributed by atoms with Crippen molar-refractivity contribution in [3.63, 3.8) is 0 Å². The molecule has 12 atom stereocenters. The second-order valence-electron chi connectivity index (χ2n) is 24.7. The fraction of sp³-hybridized carbons (Fsp3) is 0.609. The molecule has 13 heteroatoms. The third-order valence-corrected chi connectivity index (χ3v) is 19.5. The Balaban J connectivity index is 1.07. The predicted molar refractivity (Wildman–Crippen MR) is 289 cm³/mol. The lowest BCUT2D eigenvalue weighted by Crippen LogP contribution is -2.65. The molecule has 5 aliphatic carbocycles. The van der Waals surface area contributed by atoms with Gasteiger partial charge in [0.2, 0.25) is 0 Å². The van der Waals surface area contributed by atoms with Crippen molar-refractivity contribution in [3.05, 3.63) is 99.1 Å². The molecule has 11 rings (SSSR count). The highest BCUT2D eigenvalue weighted by Crippen LogP contribution is 2.59. The van der Waals surface area contributed by atoms with Crippen LogP contribution in [0, 0.1) is 41.4 Å². The first-order valence-electron chi connectivity index (χ1n) is 29.2. The van der Waals surface area contributed by atoms with Gasteiger partial charge >= 0.3 is 11.9 Å². The number of benzene rings is 3. The van der Waals surface area contributed by atoms with Crippen molar-refractivity contribution in [2.45, 2.75) is 202 Å². The topological polar surface area (TPSA) is 212 Å². The van der Waals surface area contributed by atoms with Gasteiger partial charge in [0.15, 0.2) is 0 Å². The van der Waals surface area contributed by atoms with Crippen LogP contribution in [0.25, 0.3) is 0 Å². The third kappa shape index (κ3) is 11.1. The van der Waals surface area contributed by atoms with E-state index in [2.05, 4.69) is 17.2 Å². The smallest absolute Gasteiger partial charge is 0.334 e. The van der Waals surface area contributed by atoms with Gasteiger partial charge in [-0.3, -0.25) is 9.59 Å². The molecular formula is C64H79NO12. The van der Waals surface area contributed by atoms with Crippen molar-refractivity contribution in [1.82, 2.24) is 0 Å². The number of nitrogens with one attached hydrogen (secondary N) is 1. The number of phenolic OH excluding ortho intramolecular Hbond substituents is 1. The largest absolute Gasteiger partial charge is 0.507 e. The third-order valence-electron chi connectivity index (χ3n) is 19.5. The lowest BCUT2D eigenvalue weighted by Gasteiger charge is -2.59. The van der Waals surface area contributed by atoms with E-state index in [1.54, 1.807) is 13.0 Å². The molecule has 8 aliphatic rings. The summed E-state index contributed by atoms with van der Waals surface area (Å²) >= 11 is 0. The Morgan fingerprint density at radius 2 is 1.58 bits per heavy atom. The van der Waals surface area contributed by atoms with E-state index in [9.17, 15) is 40.2 Å². The maximum Gasteiger partial charge on any atom is 0.334 e. The van der Waals surface area contributed by atoms with Gasteiger partial charge < -0.3 is 50.2 Å². The number of carbonyl (C=O) groups excluding carboxylic acids is 3. The first kappa shape index (κ1) is 53.9. The number of carbonyl (C=O) groups is 3. The number of hydrogen-bond acceptors (Lipinski definition) is 13. The number of ether oxygens (including phenoxy) is 3. The Bertz CT molecular complexity index is 2800. The van der Waals surface area contributed by atoms with Gasteiger partial charge in [-0.25, -0.2) is 4.79 Å². The minimum atomic E-state index is -1.61. The molecule has 12 unspecified atom stereocenters. The molecule has 5 fully saturated rings. The number of esters is 2. The van der Waals surface area contributed by atoms with E-state index in [0.29, 0.717) is 52.1 Å². The van der Waals surface area contributed by atoms with Crippen LogP contribution in [0.4, 0.5) is 5.69 Å². The molecule has 3 heterocycles. The van der Waals surface area contributed by atoms with E-state index in [4.69, 9.17) is 14.2 Å². The summed E-state index contributed by atoms with van der Waals surface area (Å²) in [6.45, 7) is 1.10. The van der Waals surface area contributed by atoms with Crippen LogP contribution in [0.1, 0.15) is 179 Å². The standard InChI is InChI=1S/C64H79NO12/c1-63(73,56(69)35-75-49-15-6-7-16-49)36-65-47-24-39(34-66)23-44(28-47)41-18-19-42-33-58(70)77-61-50(42)31-45(60(71)59(61)40-12-3-2-4-13-40)32-57-64(74)53-17-8-5-14-43(53)30-51-52(55(68)21-20-54(51)64)26-38-11-9-10-37(22-38)25-48(67)29-46(27-41)62(72)76-57/h9-11,22-24,28-29,31,40-43,48-49,51-54,56-57,65-67,69,71,73-74H,2-8,12-17,20-21,25-27,30,32-36H2,1H3. The monoisotopic (exact) mass is 1050 g/mol. The number of rotatable bonds is 10. The first-order valence-corrected chi connectivity index (χ1v) is 29.2. The molecule has 3 aliphatic heterocycles. The summed E-state index contributed by atoms with van der Waals surface area (Å²) in [6, 6.07) is 15.2. The van der Waals surface area contributed by atoms with Crippen LogP contribution in [-0.4, -0.2) is 97.1 Å². The van der Waals surface area contributed by atoms with Gasteiger partial charge in [0.25, 0.3) is 0 Å². The van der Waals surface area contributed by atoms with Crippen LogP contribution in [0.2, 0.25) is 0 Å². The lowest BCUT2D eigenvalue weighted by molar-refractivity contribution is -0.228. The molecule has 3 aromatic rings.